The number of rotatable bonds is 5. The molecule has 0 atom stereocenters. The Morgan fingerprint density at radius 2 is 2.03 bits per heavy atom. The van der Waals surface area contributed by atoms with Gasteiger partial charge in [-0.15, -0.1) is 0 Å². The van der Waals surface area contributed by atoms with E-state index in [9.17, 15) is 13.6 Å². The monoisotopic (exact) mass is 429 g/mol. The fraction of sp³-hybridized carbons (Fsp3) is 0.350. The van der Waals surface area contributed by atoms with Crippen LogP contribution < -0.4 is 10.6 Å². The number of halogens is 2. The summed E-state index contributed by atoms with van der Waals surface area (Å²) in [4.78, 5) is 28.1. The molecule has 4 heterocycles. The van der Waals surface area contributed by atoms with E-state index in [1.165, 1.54) is 6.92 Å². The number of carbonyl (C=O) groups excluding carboxylic acids is 1. The van der Waals surface area contributed by atoms with E-state index in [1.54, 1.807) is 25.3 Å². The number of anilines is 3. The minimum Gasteiger partial charge on any atom is -0.372 e. The Labute approximate surface area is 176 Å². The van der Waals surface area contributed by atoms with Crippen LogP contribution in [0.4, 0.5) is 26.1 Å². The molecule has 0 radical (unpaired) electrons. The van der Waals surface area contributed by atoms with Crippen LogP contribution in [0, 0.1) is 6.92 Å². The molecule has 9 nitrogen and oxygen atoms in total. The van der Waals surface area contributed by atoms with Gasteiger partial charge in [0.15, 0.2) is 0 Å². The zero-order valence-corrected chi connectivity index (χ0v) is 17.2. The number of pyridine rings is 1. The van der Waals surface area contributed by atoms with Gasteiger partial charge in [0.2, 0.25) is 11.7 Å². The number of carbonyl (C=O) groups is 1. The Morgan fingerprint density at radius 1 is 1.23 bits per heavy atom. The van der Waals surface area contributed by atoms with Crippen molar-refractivity contribution in [3.8, 4) is 11.3 Å². The molecule has 0 aromatic carbocycles. The highest BCUT2D eigenvalue weighted by Gasteiger charge is 2.29. The summed E-state index contributed by atoms with van der Waals surface area (Å²) in [6.07, 6.45) is 3.45. The Bertz CT molecular complexity index is 1120. The quantitative estimate of drug-likeness (QED) is 0.640. The fourth-order valence-corrected chi connectivity index (χ4v) is 3.20. The van der Waals surface area contributed by atoms with Crippen molar-refractivity contribution < 1.29 is 18.3 Å². The second-order valence-electron chi connectivity index (χ2n) is 7.32. The molecule has 3 aromatic rings. The summed E-state index contributed by atoms with van der Waals surface area (Å²) < 4.78 is 35.0. The van der Waals surface area contributed by atoms with Gasteiger partial charge in [-0.05, 0) is 6.92 Å². The average molecular weight is 429 g/mol. The van der Waals surface area contributed by atoms with E-state index in [2.05, 4.69) is 30.6 Å². The second-order valence-corrected chi connectivity index (χ2v) is 7.32. The summed E-state index contributed by atoms with van der Waals surface area (Å²) in [6, 6.07) is 3.16. The van der Waals surface area contributed by atoms with Gasteiger partial charge >= 0.3 is 5.92 Å². The minimum atomic E-state index is -3.19. The number of nitrogens with one attached hydrogen (secondary N) is 2. The number of hydrogen-bond donors (Lipinski definition) is 2. The largest absolute Gasteiger partial charge is 0.372 e. The number of fused-ring (bicyclic) bond motifs is 1. The number of ether oxygens (including phenoxy) is 1. The topological polar surface area (TPSA) is 107 Å². The van der Waals surface area contributed by atoms with Crippen molar-refractivity contribution in [2.45, 2.75) is 39.8 Å². The zero-order valence-electron chi connectivity index (χ0n) is 17.2. The van der Waals surface area contributed by atoms with Crippen molar-refractivity contribution in [3.05, 3.63) is 41.9 Å². The van der Waals surface area contributed by atoms with Gasteiger partial charge in [-0.2, -0.15) is 8.78 Å². The number of amides is 1. The van der Waals surface area contributed by atoms with Gasteiger partial charge in [-0.3, -0.25) is 4.79 Å². The summed E-state index contributed by atoms with van der Waals surface area (Å²) >= 11 is 0. The number of imidazole rings is 1. The summed E-state index contributed by atoms with van der Waals surface area (Å²) in [5, 5.41) is 5.68. The van der Waals surface area contributed by atoms with Crippen LogP contribution in [0.2, 0.25) is 0 Å². The Balaban J connectivity index is 1.77. The van der Waals surface area contributed by atoms with Crippen LogP contribution in [0.1, 0.15) is 31.2 Å². The Hall–Kier alpha value is -3.47. The first kappa shape index (κ1) is 20.8. The number of nitrogens with zero attached hydrogens (tertiary/aromatic N) is 5. The third-order valence-corrected chi connectivity index (χ3v) is 4.56. The molecule has 0 aliphatic carbocycles. The molecule has 1 amide bonds. The lowest BCUT2D eigenvalue weighted by atomic mass is 10.1. The van der Waals surface area contributed by atoms with Crippen LogP contribution >= 0.6 is 0 Å². The lowest BCUT2D eigenvalue weighted by molar-refractivity contribution is -0.114. The summed E-state index contributed by atoms with van der Waals surface area (Å²) in [5.41, 5.74) is 2.15. The first-order chi connectivity index (χ1) is 14.7. The molecule has 4 rings (SSSR count). The highest BCUT2D eigenvalue weighted by Crippen LogP contribution is 2.32. The Kier molecular flexibility index (Phi) is 5.36. The molecule has 162 valence electrons. The predicted octanol–water partition coefficient (Wildman–Crippen LogP) is 3.39. The van der Waals surface area contributed by atoms with E-state index < -0.39 is 11.7 Å². The molecule has 0 spiro atoms. The molecular formula is C20H21F2N7O2. The van der Waals surface area contributed by atoms with Crippen LogP contribution in [-0.4, -0.2) is 37.0 Å². The van der Waals surface area contributed by atoms with Gasteiger partial charge in [-0.25, -0.2) is 19.9 Å². The van der Waals surface area contributed by atoms with E-state index >= 15 is 0 Å². The zero-order chi connectivity index (χ0) is 22.2. The molecule has 0 unspecified atom stereocenters. The molecular weight excluding hydrogens is 408 g/mol. The van der Waals surface area contributed by atoms with Gasteiger partial charge in [0, 0.05) is 56.2 Å². The van der Waals surface area contributed by atoms with Crippen LogP contribution in [0.25, 0.3) is 11.3 Å². The van der Waals surface area contributed by atoms with Crippen molar-refractivity contribution >= 4 is 23.2 Å². The normalized spacial score (nSPS) is 13.6. The third-order valence-electron chi connectivity index (χ3n) is 4.56. The number of alkyl halides is 2. The van der Waals surface area contributed by atoms with Gasteiger partial charge in [-0.1, -0.05) is 0 Å². The maximum Gasteiger partial charge on any atom is 0.303 e. The lowest BCUT2D eigenvalue weighted by Crippen LogP contribution is -2.15. The van der Waals surface area contributed by atoms with E-state index in [0.717, 1.165) is 12.7 Å². The molecule has 0 bridgehead atoms. The molecule has 2 N–H and O–H groups in total. The fourth-order valence-electron chi connectivity index (χ4n) is 3.20. The van der Waals surface area contributed by atoms with Crippen molar-refractivity contribution in [3.63, 3.8) is 0 Å². The summed E-state index contributed by atoms with van der Waals surface area (Å²) in [6.45, 7) is 5.41. The molecule has 3 aromatic heterocycles. The molecule has 1 aliphatic rings. The molecule has 1 aliphatic heterocycles. The van der Waals surface area contributed by atoms with Crippen LogP contribution in [0.5, 0.6) is 0 Å². The van der Waals surface area contributed by atoms with Gasteiger partial charge in [0.1, 0.15) is 24.1 Å². The molecule has 11 heteroatoms. The van der Waals surface area contributed by atoms with E-state index in [1.807, 2.05) is 10.8 Å². The van der Waals surface area contributed by atoms with Crippen LogP contribution in [-0.2, 0) is 28.6 Å². The van der Waals surface area contributed by atoms with Crippen molar-refractivity contribution in [2.75, 3.05) is 17.2 Å². The van der Waals surface area contributed by atoms with Crippen LogP contribution in [0.15, 0.2) is 24.5 Å². The Morgan fingerprint density at radius 3 is 2.74 bits per heavy atom. The number of aromatic nitrogens is 5. The maximum atomic E-state index is 13.8. The molecule has 31 heavy (non-hydrogen) atoms. The van der Waals surface area contributed by atoms with E-state index in [4.69, 9.17) is 4.74 Å². The number of aryl methyl sites for hydroxylation is 1. The van der Waals surface area contributed by atoms with E-state index in [0.29, 0.717) is 48.2 Å². The highest BCUT2D eigenvalue weighted by molar-refractivity contribution is 5.89. The number of hydrogen-bond acceptors (Lipinski definition) is 7. The second kappa shape index (κ2) is 7.99. The van der Waals surface area contributed by atoms with Crippen LogP contribution in [0.3, 0.4) is 0 Å². The third kappa shape index (κ3) is 4.66. The SMILES string of the molecule is CC(=O)Nc1cc(Nc2cc(C)nc(C(C)(F)F)n2)c(-c2cn3c(n2)COCC3)cn1. The van der Waals surface area contributed by atoms with Gasteiger partial charge in [0.05, 0.1) is 18.0 Å². The molecule has 0 fully saturated rings. The van der Waals surface area contributed by atoms with Crippen molar-refractivity contribution in [1.82, 2.24) is 24.5 Å². The average Bonchev–Trinajstić information content (AvgIpc) is 3.10. The maximum absolute atomic E-state index is 13.8. The standard InChI is InChI=1S/C20H21F2N7O2/c1-11-6-17(28-19(24-11)20(3,21)22)26-14-7-16(25-12(2)30)23-8-13(14)15-9-29-4-5-31-10-18(29)27-15/h6-9H,4-5,10H2,1-3H3,(H2,23,24,25,26,28,30). The first-order valence-corrected chi connectivity index (χ1v) is 9.62. The first-order valence-electron chi connectivity index (χ1n) is 9.62. The molecule has 0 saturated carbocycles. The van der Waals surface area contributed by atoms with Gasteiger partial charge in [0.25, 0.3) is 0 Å². The minimum absolute atomic E-state index is 0.192. The smallest absolute Gasteiger partial charge is 0.303 e. The van der Waals surface area contributed by atoms with Gasteiger partial charge < -0.3 is 19.9 Å². The molecule has 0 saturated heterocycles. The lowest BCUT2D eigenvalue weighted by Gasteiger charge is -2.15. The summed E-state index contributed by atoms with van der Waals surface area (Å²) in [7, 11) is 0. The highest BCUT2D eigenvalue weighted by atomic mass is 19.3. The van der Waals surface area contributed by atoms with Crippen molar-refractivity contribution in [1.29, 1.82) is 0 Å². The summed E-state index contributed by atoms with van der Waals surface area (Å²) in [5.74, 6) is -2.78. The predicted molar refractivity (Wildman–Crippen MR) is 109 cm³/mol. The van der Waals surface area contributed by atoms with Crippen molar-refractivity contribution in [2.24, 2.45) is 0 Å². The van der Waals surface area contributed by atoms with E-state index in [-0.39, 0.29) is 11.7 Å².